The monoisotopic (exact) mass is 317 g/mol. The van der Waals surface area contributed by atoms with Crippen LogP contribution < -0.4 is 4.74 Å². The number of hydrogen-bond acceptors (Lipinski definition) is 2. The summed E-state index contributed by atoms with van der Waals surface area (Å²) < 4.78 is 5.94. The third-order valence-electron chi connectivity index (χ3n) is 4.08. The molecule has 0 amide bonds. The van der Waals surface area contributed by atoms with Crippen LogP contribution in [0.5, 0.6) is 5.75 Å². The second kappa shape index (κ2) is 7.31. The average Bonchev–Trinajstić information content (AvgIpc) is 2.59. The molecule has 3 rings (SSSR count). The van der Waals surface area contributed by atoms with Crippen LogP contribution in [-0.4, -0.2) is 12.8 Å². The van der Waals surface area contributed by atoms with Crippen molar-refractivity contribution in [3.8, 4) is 5.75 Å². The van der Waals surface area contributed by atoms with Gasteiger partial charge in [0.2, 0.25) is 0 Å². The van der Waals surface area contributed by atoms with Gasteiger partial charge in [-0.15, -0.1) is 0 Å². The molecule has 0 bridgehead atoms. The lowest BCUT2D eigenvalue weighted by atomic mass is 10.0. The molecule has 0 aromatic heterocycles. The number of ether oxygens (including phenoxy) is 1. The molecule has 0 N–H and O–H groups in total. The highest BCUT2D eigenvalue weighted by molar-refractivity contribution is 6.03. The smallest absolute Gasteiger partial charge is 0.128 e. The summed E-state index contributed by atoms with van der Waals surface area (Å²) in [6.07, 6.45) is 2.92. The van der Waals surface area contributed by atoms with Gasteiger partial charge in [-0.05, 0) is 48.7 Å². The number of benzene rings is 3. The average molecular weight is 317 g/mol. The zero-order valence-corrected chi connectivity index (χ0v) is 14.5. The molecular formula is C22H23NO. The first kappa shape index (κ1) is 16.3. The molecule has 0 spiro atoms. The van der Waals surface area contributed by atoms with E-state index < -0.39 is 0 Å². The van der Waals surface area contributed by atoms with Crippen molar-refractivity contribution in [2.45, 2.75) is 27.2 Å². The number of aryl methyl sites for hydroxylation is 2. The van der Waals surface area contributed by atoms with Gasteiger partial charge >= 0.3 is 0 Å². The molecule has 0 aliphatic heterocycles. The number of fused-ring (bicyclic) bond motifs is 1. The summed E-state index contributed by atoms with van der Waals surface area (Å²) >= 11 is 0. The predicted molar refractivity (Wildman–Crippen MR) is 103 cm³/mol. The molecule has 0 atom stereocenters. The summed E-state index contributed by atoms with van der Waals surface area (Å²) in [4.78, 5) is 4.73. The summed E-state index contributed by atoms with van der Waals surface area (Å²) in [5, 5.41) is 2.36. The van der Waals surface area contributed by atoms with Gasteiger partial charge in [-0.3, -0.25) is 4.99 Å². The molecule has 122 valence electrons. The maximum absolute atomic E-state index is 5.94. The van der Waals surface area contributed by atoms with Crippen LogP contribution in [0.3, 0.4) is 0 Å². The zero-order valence-electron chi connectivity index (χ0n) is 14.5. The Bertz CT molecular complexity index is 880. The van der Waals surface area contributed by atoms with Gasteiger partial charge in [-0.25, -0.2) is 0 Å². The third-order valence-corrected chi connectivity index (χ3v) is 4.08. The Hall–Kier alpha value is -2.61. The van der Waals surface area contributed by atoms with Crippen molar-refractivity contribution in [2.24, 2.45) is 4.99 Å². The van der Waals surface area contributed by atoms with Crippen molar-refractivity contribution in [1.82, 2.24) is 0 Å². The maximum atomic E-state index is 5.94. The van der Waals surface area contributed by atoms with Crippen molar-refractivity contribution in [1.29, 1.82) is 0 Å². The van der Waals surface area contributed by atoms with E-state index in [1.54, 1.807) is 0 Å². The number of nitrogens with zero attached hydrogens (tertiary/aromatic N) is 1. The van der Waals surface area contributed by atoms with Crippen molar-refractivity contribution in [3.63, 3.8) is 0 Å². The Kier molecular flexibility index (Phi) is 4.95. The highest BCUT2D eigenvalue weighted by atomic mass is 16.5. The Morgan fingerprint density at radius 2 is 1.83 bits per heavy atom. The van der Waals surface area contributed by atoms with E-state index in [-0.39, 0.29) is 0 Å². The lowest BCUT2D eigenvalue weighted by Crippen LogP contribution is -1.99. The first-order valence-electron chi connectivity index (χ1n) is 8.45. The normalized spacial score (nSPS) is 11.3. The molecule has 0 unspecified atom stereocenters. The molecular weight excluding hydrogens is 294 g/mol. The highest BCUT2D eigenvalue weighted by Gasteiger charge is 2.07. The van der Waals surface area contributed by atoms with Crippen LogP contribution in [0.25, 0.3) is 10.8 Å². The van der Waals surface area contributed by atoms with Crippen LogP contribution in [0, 0.1) is 13.8 Å². The molecule has 3 aromatic rings. The second-order valence-electron chi connectivity index (χ2n) is 6.10. The van der Waals surface area contributed by atoms with Gasteiger partial charge in [0, 0.05) is 11.8 Å². The van der Waals surface area contributed by atoms with Crippen LogP contribution >= 0.6 is 0 Å². The standard InChI is InChI=1S/C22H23NO/c1-4-13-24-22-12-10-18-7-5-6-8-19(18)20(22)15-23-21-11-9-16(2)14-17(21)3/h5-12,14-15H,4,13H2,1-3H3. The number of aliphatic imine (C=N–C) groups is 1. The van der Waals surface area contributed by atoms with Gasteiger partial charge < -0.3 is 4.74 Å². The van der Waals surface area contributed by atoms with Crippen molar-refractivity contribution in [2.75, 3.05) is 6.61 Å². The van der Waals surface area contributed by atoms with Gasteiger partial charge in [-0.1, -0.05) is 55.0 Å². The minimum absolute atomic E-state index is 0.711. The molecule has 3 aromatic carbocycles. The quantitative estimate of drug-likeness (QED) is 0.529. The highest BCUT2D eigenvalue weighted by Crippen LogP contribution is 2.28. The van der Waals surface area contributed by atoms with E-state index in [1.807, 2.05) is 12.3 Å². The molecule has 0 saturated heterocycles. The van der Waals surface area contributed by atoms with E-state index in [0.29, 0.717) is 6.61 Å². The summed E-state index contributed by atoms with van der Waals surface area (Å²) in [7, 11) is 0. The number of hydrogen-bond donors (Lipinski definition) is 0. The first-order chi connectivity index (χ1) is 11.7. The summed E-state index contributed by atoms with van der Waals surface area (Å²) in [6, 6.07) is 18.8. The lowest BCUT2D eigenvalue weighted by molar-refractivity contribution is 0.317. The Morgan fingerprint density at radius 3 is 2.62 bits per heavy atom. The van der Waals surface area contributed by atoms with E-state index >= 15 is 0 Å². The molecule has 0 aliphatic rings. The van der Waals surface area contributed by atoms with Gasteiger partial charge in [0.15, 0.2) is 0 Å². The largest absolute Gasteiger partial charge is 0.493 e. The van der Waals surface area contributed by atoms with Crippen LogP contribution in [-0.2, 0) is 0 Å². The Balaban J connectivity index is 2.06. The van der Waals surface area contributed by atoms with Crippen molar-refractivity contribution in [3.05, 3.63) is 71.3 Å². The fraction of sp³-hybridized carbons (Fsp3) is 0.227. The minimum atomic E-state index is 0.711. The van der Waals surface area contributed by atoms with Crippen molar-refractivity contribution < 1.29 is 4.74 Å². The molecule has 2 heteroatoms. The third kappa shape index (κ3) is 3.48. The fourth-order valence-corrected chi connectivity index (χ4v) is 2.83. The van der Waals surface area contributed by atoms with Crippen molar-refractivity contribution >= 4 is 22.7 Å². The molecule has 24 heavy (non-hydrogen) atoms. The minimum Gasteiger partial charge on any atom is -0.493 e. The fourth-order valence-electron chi connectivity index (χ4n) is 2.83. The molecule has 0 radical (unpaired) electrons. The van der Waals surface area contributed by atoms with E-state index in [0.717, 1.165) is 23.4 Å². The van der Waals surface area contributed by atoms with Crippen LogP contribution in [0.15, 0.2) is 59.6 Å². The molecule has 0 aliphatic carbocycles. The summed E-state index contributed by atoms with van der Waals surface area (Å²) in [6.45, 7) is 7.02. The molecule has 0 heterocycles. The first-order valence-corrected chi connectivity index (χ1v) is 8.45. The zero-order chi connectivity index (χ0) is 16.9. The SMILES string of the molecule is CCCOc1ccc2ccccc2c1C=Nc1ccc(C)cc1C. The van der Waals surface area contributed by atoms with Gasteiger partial charge in [-0.2, -0.15) is 0 Å². The Morgan fingerprint density at radius 1 is 1.00 bits per heavy atom. The van der Waals surface area contributed by atoms with E-state index in [2.05, 4.69) is 69.3 Å². The van der Waals surface area contributed by atoms with Crippen LogP contribution in [0.1, 0.15) is 30.0 Å². The molecule has 0 saturated carbocycles. The van der Waals surface area contributed by atoms with E-state index in [1.165, 1.54) is 21.9 Å². The Labute approximate surface area is 143 Å². The lowest BCUT2D eigenvalue weighted by Gasteiger charge is -2.11. The van der Waals surface area contributed by atoms with E-state index in [4.69, 9.17) is 9.73 Å². The molecule has 2 nitrogen and oxygen atoms in total. The number of rotatable bonds is 5. The maximum Gasteiger partial charge on any atom is 0.128 e. The van der Waals surface area contributed by atoms with Gasteiger partial charge in [0.25, 0.3) is 0 Å². The molecule has 0 fully saturated rings. The summed E-state index contributed by atoms with van der Waals surface area (Å²) in [5.74, 6) is 0.893. The van der Waals surface area contributed by atoms with Crippen LogP contribution in [0.4, 0.5) is 5.69 Å². The van der Waals surface area contributed by atoms with Gasteiger partial charge in [0.1, 0.15) is 5.75 Å². The van der Waals surface area contributed by atoms with Gasteiger partial charge in [0.05, 0.1) is 12.3 Å². The second-order valence-corrected chi connectivity index (χ2v) is 6.10. The van der Waals surface area contributed by atoms with Crippen LogP contribution in [0.2, 0.25) is 0 Å². The predicted octanol–water partition coefficient (Wildman–Crippen LogP) is 6.00. The summed E-state index contributed by atoms with van der Waals surface area (Å²) in [5.41, 5.74) is 4.47. The topological polar surface area (TPSA) is 21.6 Å². The van der Waals surface area contributed by atoms with E-state index in [9.17, 15) is 0 Å².